The molecule has 0 unspecified atom stereocenters. The number of morpholine rings is 1. The van der Waals surface area contributed by atoms with Crippen LogP contribution in [0.4, 0.5) is 10.3 Å². The van der Waals surface area contributed by atoms with Gasteiger partial charge in [-0.2, -0.15) is 0 Å². The predicted octanol–water partition coefficient (Wildman–Crippen LogP) is 4.35. The van der Waals surface area contributed by atoms with Crippen LogP contribution in [-0.2, 0) is 11.3 Å². The average Bonchev–Trinajstić information content (AvgIpc) is 3.48. The molecule has 0 aliphatic carbocycles. The van der Waals surface area contributed by atoms with E-state index in [1.165, 1.54) is 12.3 Å². The largest absolute Gasteiger partial charge is 0.459 e. The highest BCUT2D eigenvalue weighted by molar-refractivity contribution is 5.92. The third-order valence-electron chi connectivity index (χ3n) is 5.64. The van der Waals surface area contributed by atoms with E-state index < -0.39 is 5.82 Å². The van der Waals surface area contributed by atoms with Gasteiger partial charge in [0.05, 0.1) is 31.6 Å². The lowest BCUT2D eigenvalue weighted by Gasteiger charge is -2.30. The van der Waals surface area contributed by atoms with E-state index in [0.29, 0.717) is 49.0 Å². The molecule has 0 saturated carbocycles. The molecule has 8 heteroatoms. The molecule has 3 aromatic rings. The molecule has 0 radical (unpaired) electrons. The Bertz CT molecular complexity index is 1010. The summed E-state index contributed by atoms with van der Waals surface area (Å²) in [7, 11) is 0. The number of carbonyl (C=O) groups is 1. The van der Waals surface area contributed by atoms with Crippen LogP contribution in [0.25, 0.3) is 11.3 Å². The fraction of sp³-hybridized carbons (Fsp3) is 0.391. The smallest absolute Gasteiger partial charge is 0.290 e. The van der Waals surface area contributed by atoms with E-state index in [4.69, 9.17) is 13.7 Å². The molecule has 4 rings (SSSR count). The summed E-state index contributed by atoms with van der Waals surface area (Å²) in [4.78, 5) is 17.0. The van der Waals surface area contributed by atoms with Gasteiger partial charge in [0.15, 0.2) is 5.76 Å². The Morgan fingerprint density at radius 3 is 2.68 bits per heavy atom. The minimum absolute atomic E-state index is 0.0708. The van der Waals surface area contributed by atoms with Crippen molar-refractivity contribution < 1.29 is 22.9 Å². The third-order valence-corrected chi connectivity index (χ3v) is 5.64. The van der Waals surface area contributed by atoms with Crippen molar-refractivity contribution in [3.8, 4) is 11.3 Å². The van der Waals surface area contributed by atoms with Crippen molar-refractivity contribution in [2.24, 2.45) is 0 Å². The molecule has 164 valence electrons. The number of hydrogen-bond acceptors (Lipinski definition) is 6. The second-order valence-electron chi connectivity index (χ2n) is 7.56. The molecule has 1 aliphatic rings. The van der Waals surface area contributed by atoms with Crippen molar-refractivity contribution in [3.63, 3.8) is 0 Å². The van der Waals surface area contributed by atoms with E-state index in [0.717, 1.165) is 6.42 Å². The lowest BCUT2D eigenvalue weighted by atomic mass is 10.0. The van der Waals surface area contributed by atoms with Crippen LogP contribution in [0.2, 0.25) is 0 Å². The lowest BCUT2D eigenvalue weighted by molar-refractivity contribution is 0.0638. The first-order valence-electron chi connectivity index (χ1n) is 10.5. The van der Waals surface area contributed by atoms with Gasteiger partial charge in [-0.25, -0.2) is 4.39 Å². The van der Waals surface area contributed by atoms with Gasteiger partial charge in [0.2, 0.25) is 5.88 Å². The normalized spacial score (nSPS) is 15.1. The Morgan fingerprint density at radius 2 is 2.00 bits per heavy atom. The molecule has 1 aromatic carbocycles. The maximum atomic E-state index is 14.6. The molecule has 1 fully saturated rings. The molecular weight excluding hydrogens is 401 g/mol. The van der Waals surface area contributed by atoms with E-state index in [9.17, 15) is 9.18 Å². The van der Waals surface area contributed by atoms with Crippen molar-refractivity contribution in [1.82, 2.24) is 10.1 Å². The highest BCUT2D eigenvalue weighted by Gasteiger charge is 2.30. The van der Waals surface area contributed by atoms with Gasteiger partial charge in [-0.3, -0.25) is 4.79 Å². The second kappa shape index (κ2) is 9.34. The highest BCUT2D eigenvalue weighted by Crippen LogP contribution is 2.35. The molecule has 7 nitrogen and oxygen atoms in total. The van der Waals surface area contributed by atoms with E-state index in [2.05, 4.69) is 5.16 Å². The maximum Gasteiger partial charge on any atom is 0.290 e. The number of nitrogens with zero attached hydrogens (tertiary/aromatic N) is 3. The second-order valence-corrected chi connectivity index (χ2v) is 7.56. The van der Waals surface area contributed by atoms with Crippen molar-refractivity contribution in [2.45, 2.75) is 32.9 Å². The van der Waals surface area contributed by atoms with E-state index in [-0.39, 0.29) is 24.3 Å². The zero-order valence-corrected chi connectivity index (χ0v) is 17.7. The van der Waals surface area contributed by atoms with Gasteiger partial charge >= 0.3 is 0 Å². The molecule has 2 aromatic heterocycles. The SMILES string of the molecule is CC[C@@H](C)N(Cc1c(-c2ccccc2F)noc1N1CCOCC1)C(=O)c1ccco1. The number of amides is 1. The molecule has 31 heavy (non-hydrogen) atoms. The Labute approximate surface area is 180 Å². The molecule has 0 spiro atoms. The number of ether oxygens (including phenoxy) is 1. The number of anilines is 1. The number of hydrogen-bond donors (Lipinski definition) is 0. The van der Waals surface area contributed by atoms with Crippen LogP contribution in [0, 0.1) is 5.82 Å². The average molecular weight is 427 g/mol. The van der Waals surface area contributed by atoms with E-state index in [1.807, 2.05) is 18.7 Å². The fourth-order valence-corrected chi connectivity index (χ4v) is 3.68. The summed E-state index contributed by atoms with van der Waals surface area (Å²) in [5.74, 6) is 0.185. The maximum absolute atomic E-state index is 14.6. The topological polar surface area (TPSA) is 72.0 Å². The predicted molar refractivity (Wildman–Crippen MR) is 113 cm³/mol. The highest BCUT2D eigenvalue weighted by atomic mass is 19.1. The number of furan rings is 1. The van der Waals surface area contributed by atoms with Gasteiger partial charge in [-0.1, -0.05) is 24.2 Å². The summed E-state index contributed by atoms with van der Waals surface area (Å²) in [6.07, 6.45) is 2.23. The standard InChI is InChI=1S/C23H26FN3O4/c1-3-16(2)27(22(28)20-9-6-12-30-20)15-18-21(17-7-4-5-8-19(17)24)25-31-23(18)26-10-13-29-14-11-26/h4-9,12,16H,3,10-11,13-15H2,1-2H3/t16-/m1/s1. The number of benzene rings is 1. The number of carbonyl (C=O) groups excluding carboxylic acids is 1. The van der Waals surface area contributed by atoms with Crippen molar-refractivity contribution >= 4 is 11.8 Å². The fourth-order valence-electron chi connectivity index (χ4n) is 3.68. The molecule has 1 aliphatic heterocycles. The zero-order chi connectivity index (χ0) is 21.8. The van der Waals surface area contributed by atoms with Crippen LogP contribution in [0.5, 0.6) is 0 Å². The van der Waals surface area contributed by atoms with Crippen molar-refractivity contribution in [2.75, 3.05) is 31.2 Å². The Hall–Kier alpha value is -3.13. The summed E-state index contributed by atoms with van der Waals surface area (Å²) in [5, 5.41) is 4.22. The number of aromatic nitrogens is 1. The quantitative estimate of drug-likeness (QED) is 0.558. The van der Waals surface area contributed by atoms with Crippen molar-refractivity contribution in [1.29, 1.82) is 0 Å². The Kier molecular flexibility index (Phi) is 6.36. The van der Waals surface area contributed by atoms with Gasteiger partial charge < -0.3 is 23.5 Å². The third kappa shape index (κ3) is 4.34. The van der Waals surface area contributed by atoms with Gasteiger partial charge in [0.25, 0.3) is 5.91 Å². The number of rotatable bonds is 7. The summed E-state index contributed by atoms with van der Waals surface area (Å²) in [5.41, 5.74) is 1.42. The van der Waals surface area contributed by atoms with Gasteiger partial charge in [-0.05, 0) is 37.6 Å². The first-order chi connectivity index (χ1) is 15.1. The van der Waals surface area contributed by atoms with Gasteiger partial charge in [0, 0.05) is 24.7 Å². The Morgan fingerprint density at radius 1 is 1.23 bits per heavy atom. The first kappa shape index (κ1) is 21.1. The van der Waals surface area contributed by atoms with Crippen LogP contribution < -0.4 is 4.90 Å². The van der Waals surface area contributed by atoms with E-state index in [1.54, 1.807) is 35.2 Å². The van der Waals surface area contributed by atoms with E-state index >= 15 is 0 Å². The lowest BCUT2D eigenvalue weighted by Crippen LogP contribution is -2.39. The molecule has 3 heterocycles. The zero-order valence-electron chi connectivity index (χ0n) is 17.7. The molecular formula is C23H26FN3O4. The van der Waals surface area contributed by atoms with Crippen LogP contribution in [0.3, 0.4) is 0 Å². The monoisotopic (exact) mass is 427 g/mol. The number of halogens is 1. The van der Waals surface area contributed by atoms with Crippen LogP contribution in [0.15, 0.2) is 51.6 Å². The summed E-state index contributed by atoms with van der Waals surface area (Å²) in [6.45, 7) is 6.61. The van der Waals surface area contributed by atoms with Gasteiger partial charge in [0.1, 0.15) is 11.5 Å². The van der Waals surface area contributed by atoms with Crippen LogP contribution in [0.1, 0.15) is 36.4 Å². The molecule has 1 atom stereocenters. The Balaban J connectivity index is 1.77. The summed E-state index contributed by atoms with van der Waals surface area (Å²) < 4.78 is 31.2. The molecule has 0 bridgehead atoms. The molecule has 0 N–H and O–H groups in total. The minimum atomic E-state index is -0.391. The molecule has 1 amide bonds. The minimum Gasteiger partial charge on any atom is -0.459 e. The first-order valence-corrected chi connectivity index (χ1v) is 10.5. The summed E-state index contributed by atoms with van der Waals surface area (Å²) >= 11 is 0. The van der Waals surface area contributed by atoms with Crippen molar-refractivity contribution in [3.05, 3.63) is 59.8 Å². The van der Waals surface area contributed by atoms with Crippen LogP contribution >= 0.6 is 0 Å². The van der Waals surface area contributed by atoms with Gasteiger partial charge in [-0.15, -0.1) is 0 Å². The van der Waals surface area contributed by atoms with Crippen LogP contribution in [-0.4, -0.2) is 48.3 Å². The summed E-state index contributed by atoms with van der Waals surface area (Å²) in [6, 6.07) is 9.71. The molecule has 1 saturated heterocycles.